The van der Waals surface area contributed by atoms with E-state index in [0.29, 0.717) is 17.9 Å². The van der Waals surface area contributed by atoms with E-state index in [2.05, 4.69) is 20.4 Å². The van der Waals surface area contributed by atoms with Gasteiger partial charge in [-0.1, -0.05) is 6.07 Å². The zero-order valence-electron chi connectivity index (χ0n) is 22.1. The molecule has 3 aliphatic heterocycles. The van der Waals surface area contributed by atoms with Crippen LogP contribution in [0, 0.1) is 5.92 Å². The Bertz CT molecular complexity index is 1010. The first kappa shape index (κ1) is 26.9. The summed E-state index contributed by atoms with van der Waals surface area (Å²) in [6.45, 7) is 11.8. The van der Waals surface area contributed by atoms with E-state index in [1.807, 2.05) is 43.9 Å². The fourth-order valence-corrected chi connectivity index (χ4v) is 5.10. The molecular formula is C27H39N5O5. The normalized spacial score (nSPS) is 22.0. The molecule has 0 bridgehead atoms. The molecule has 0 aliphatic carbocycles. The molecular weight excluding hydrogens is 474 g/mol. The van der Waals surface area contributed by atoms with Crippen molar-refractivity contribution >= 4 is 29.5 Å². The summed E-state index contributed by atoms with van der Waals surface area (Å²) in [5.41, 5.74) is 1.02. The van der Waals surface area contributed by atoms with Crippen molar-refractivity contribution in [2.45, 2.75) is 58.1 Å². The van der Waals surface area contributed by atoms with Gasteiger partial charge < -0.3 is 19.9 Å². The lowest BCUT2D eigenvalue weighted by atomic mass is 9.96. The highest BCUT2D eigenvalue weighted by molar-refractivity contribution is 6.04. The van der Waals surface area contributed by atoms with Crippen molar-refractivity contribution in [3.05, 3.63) is 29.8 Å². The number of carbonyl (C=O) groups is 4. The van der Waals surface area contributed by atoms with E-state index < -0.39 is 17.6 Å². The molecule has 0 radical (unpaired) electrons. The van der Waals surface area contributed by atoms with E-state index in [9.17, 15) is 19.2 Å². The number of nitrogens with one attached hydrogen (secondary N) is 2. The molecule has 0 saturated carbocycles. The van der Waals surface area contributed by atoms with E-state index in [1.54, 1.807) is 6.07 Å². The lowest BCUT2D eigenvalue weighted by Gasteiger charge is -2.39. The molecule has 10 heteroatoms. The number of likely N-dealkylation sites (tertiary alicyclic amines) is 1. The maximum absolute atomic E-state index is 12.7. The molecule has 3 saturated heterocycles. The zero-order valence-corrected chi connectivity index (χ0v) is 22.1. The van der Waals surface area contributed by atoms with Gasteiger partial charge in [-0.05, 0) is 64.2 Å². The number of nitrogens with zero attached hydrogens (tertiary/aromatic N) is 3. The number of imide groups is 1. The van der Waals surface area contributed by atoms with Crippen LogP contribution in [0.2, 0.25) is 0 Å². The Morgan fingerprint density at radius 3 is 2.38 bits per heavy atom. The fraction of sp³-hybridized carbons (Fsp3) is 0.630. The number of carbonyl (C=O) groups excluding carboxylic acids is 4. The Hall–Kier alpha value is -3.14. The van der Waals surface area contributed by atoms with Crippen LogP contribution in [-0.4, -0.2) is 91.1 Å². The molecule has 0 spiro atoms. The van der Waals surface area contributed by atoms with E-state index in [1.165, 1.54) is 0 Å². The third-order valence-corrected chi connectivity index (χ3v) is 7.17. The maximum atomic E-state index is 12.7. The number of piperazine rings is 1. The van der Waals surface area contributed by atoms with E-state index in [0.717, 1.165) is 64.3 Å². The first-order valence-corrected chi connectivity index (χ1v) is 13.3. The summed E-state index contributed by atoms with van der Waals surface area (Å²) in [4.78, 5) is 55.0. The molecule has 4 amide bonds. The lowest BCUT2D eigenvalue weighted by Crippen LogP contribution is -2.52. The third kappa shape index (κ3) is 7.44. The average molecular weight is 514 g/mol. The summed E-state index contributed by atoms with van der Waals surface area (Å²) in [5, 5.41) is 5.02. The van der Waals surface area contributed by atoms with E-state index in [4.69, 9.17) is 4.74 Å². The first-order valence-electron chi connectivity index (χ1n) is 13.3. The Labute approximate surface area is 218 Å². The van der Waals surface area contributed by atoms with Gasteiger partial charge in [-0.3, -0.25) is 24.6 Å². The first-order chi connectivity index (χ1) is 17.6. The van der Waals surface area contributed by atoms with Crippen LogP contribution in [0.15, 0.2) is 24.3 Å². The minimum atomic E-state index is -0.687. The van der Waals surface area contributed by atoms with Crippen LogP contribution in [0.3, 0.4) is 0 Å². The molecule has 37 heavy (non-hydrogen) atoms. The number of amides is 4. The zero-order chi connectivity index (χ0) is 26.6. The van der Waals surface area contributed by atoms with Gasteiger partial charge >= 0.3 is 6.09 Å². The summed E-state index contributed by atoms with van der Waals surface area (Å²) in [6.07, 6.45) is 2.31. The quantitative estimate of drug-likeness (QED) is 0.579. The maximum Gasteiger partial charge on any atom is 0.410 e. The predicted octanol–water partition coefficient (Wildman–Crippen LogP) is 1.99. The van der Waals surface area contributed by atoms with Crippen molar-refractivity contribution in [3.8, 4) is 0 Å². The predicted molar refractivity (Wildman–Crippen MR) is 139 cm³/mol. The summed E-state index contributed by atoms with van der Waals surface area (Å²) in [6, 6.07) is 6.78. The van der Waals surface area contributed by atoms with Crippen LogP contribution < -0.4 is 15.5 Å². The molecule has 3 heterocycles. The van der Waals surface area contributed by atoms with Gasteiger partial charge in [0.25, 0.3) is 5.91 Å². The van der Waals surface area contributed by atoms with E-state index >= 15 is 0 Å². The molecule has 1 aromatic carbocycles. The fourth-order valence-electron chi connectivity index (χ4n) is 5.10. The van der Waals surface area contributed by atoms with Crippen LogP contribution >= 0.6 is 0 Å². The summed E-state index contributed by atoms with van der Waals surface area (Å²) < 4.78 is 5.50. The van der Waals surface area contributed by atoms with Crippen LogP contribution in [0.1, 0.15) is 56.8 Å². The summed E-state index contributed by atoms with van der Waals surface area (Å²) in [5.74, 6) is -0.493. The molecule has 4 rings (SSSR count). The van der Waals surface area contributed by atoms with Gasteiger partial charge in [0.15, 0.2) is 0 Å². The molecule has 2 N–H and O–H groups in total. The Morgan fingerprint density at radius 1 is 1.03 bits per heavy atom. The summed E-state index contributed by atoms with van der Waals surface area (Å²) >= 11 is 0. The van der Waals surface area contributed by atoms with Gasteiger partial charge in [0.1, 0.15) is 11.6 Å². The number of rotatable bonds is 5. The Kier molecular flexibility index (Phi) is 8.36. The molecule has 3 fully saturated rings. The second-order valence-corrected chi connectivity index (χ2v) is 11.2. The highest BCUT2D eigenvalue weighted by Crippen LogP contribution is 2.23. The topological polar surface area (TPSA) is 111 Å². The summed E-state index contributed by atoms with van der Waals surface area (Å²) in [7, 11) is 0. The SMILES string of the molecule is CC(C)(C)OC(=O)N1CCC(CN2CCN(c3cccc(C(=O)NC4CCC(=O)NC4=O)c3)CC2)CC1. The van der Waals surface area contributed by atoms with Gasteiger partial charge in [0, 0.05) is 63.5 Å². The van der Waals surface area contributed by atoms with Crippen molar-refractivity contribution < 1.29 is 23.9 Å². The second-order valence-electron chi connectivity index (χ2n) is 11.2. The largest absolute Gasteiger partial charge is 0.444 e. The molecule has 1 atom stereocenters. The molecule has 10 nitrogen and oxygen atoms in total. The van der Waals surface area contributed by atoms with Crippen LogP contribution in [-0.2, 0) is 14.3 Å². The van der Waals surface area contributed by atoms with Crippen molar-refractivity contribution in [2.75, 3.05) is 50.7 Å². The average Bonchev–Trinajstić information content (AvgIpc) is 2.85. The molecule has 0 aromatic heterocycles. The molecule has 1 unspecified atom stereocenters. The van der Waals surface area contributed by atoms with Crippen LogP contribution in [0.25, 0.3) is 0 Å². The molecule has 1 aromatic rings. The van der Waals surface area contributed by atoms with Gasteiger partial charge in [-0.15, -0.1) is 0 Å². The van der Waals surface area contributed by atoms with Crippen molar-refractivity contribution in [1.29, 1.82) is 0 Å². The smallest absolute Gasteiger partial charge is 0.410 e. The van der Waals surface area contributed by atoms with Gasteiger partial charge in [-0.2, -0.15) is 0 Å². The molecule has 3 aliphatic rings. The van der Waals surface area contributed by atoms with Crippen molar-refractivity contribution in [1.82, 2.24) is 20.4 Å². The van der Waals surface area contributed by atoms with E-state index in [-0.39, 0.29) is 24.3 Å². The number of anilines is 1. The van der Waals surface area contributed by atoms with Crippen molar-refractivity contribution in [2.24, 2.45) is 5.92 Å². The van der Waals surface area contributed by atoms with Gasteiger partial charge in [0.2, 0.25) is 11.8 Å². The number of ether oxygens (including phenoxy) is 1. The monoisotopic (exact) mass is 513 g/mol. The number of hydrogen-bond acceptors (Lipinski definition) is 7. The highest BCUT2D eigenvalue weighted by atomic mass is 16.6. The number of hydrogen-bond donors (Lipinski definition) is 2. The van der Waals surface area contributed by atoms with Crippen LogP contribution in [0.5, 0.6) is 0 Å². The lowest BCUT2D eigenvalue weighted by molar-refractivity contribution is -0.134. The van der Waals surface area contributed by atoms with Crippen molar-refractivity contribution in [3.63, 3.8) is 0 Å². The standard InChI is InChI=1S/C27H39N5O5/c1-27(2,3)37-26(36)32-11-9-19(10-12-32)18-30-13-15-31(16-14-30)21-6-4-5-20(17-21)24(34)28-22-7-8-23(33)29-25(22)35/h4-6,17,19,22H,7-16,18H2,1-3H3,(H,28,34)(H,29,33,35). The van der Waals surface area contributed by atoms with Crippen LogP contribution in [0.4, 0.5) is 10.5 Å². The minimum Gasteiger partial charge on any atom is -0.444 e. The molecule has 202 valence electrons. The van der Waals surface area contributed by atoms with Gasteiger partial charge in [0.05, 0.1) is 0 Å². The Morgan fingerprint density at radius 2 is 1.73 bits per heavy atom. The third-order valence-electron chi connectivity index (χ3n) is 7.17. The number of benzene rings is 1. The number of piperidine rings is 2. The highest BCUT2D eigenvalue weighted by Gasteiger charge is 2.30. The second kappa shape index (κ2) is 11.5. The van der Waals surface area contributed by atoms with Gasteiger partial charge in [-0.25, -0.2) is 4.79 Å². The Balaban J connectivity index is 1.22. The minimum absolute atomic E-state index is 0.215.